The van der Waals surface area contributed by atoms with Crippen LogP contribution in [0.25, 0.3) is 0 Å². The van der Waals surface area contributed by atoms with Crippen LogP contribution in [-0.2, 0) is 4.74 Å². The van der Waals surface area contributed by atoms with E-state index in [2.05, 4.69) is 22.2 Å². The van der Waals surface area contributed by atoms with Crippen LogP contribution in [-0.4, -0.2) is 47.0 Å². The third kappa shape index (κ3) is 7.24. The summed E-state index contributed by atoms with van der Waals surface area (Å²) >= 11 is 0. The van der Waals surface area contributed by atoms with Crippen molar-refractivity contribution in [1.29, 1.82) is 0 Å². The van der Waals surface area contributed by atoms with Gasteiger partial charge in [0, 0.05) is 12.6 Å². The Morgan fingerprint density at radius 2 is 2.10 bits per heavy atom. The van der Waals surface area contributed by atoms with Crippen molar-refractivity contribution in [2.24, 2.45) is 0 Å². The maximum absolute atomic E-state index is 9.12. The summed E-state index contributed by atoms with van der Waals surface area (Å²) in [6.07, 6.45) is 6.03. The molecule has 0 amide bonds. The van der Waals surface area contributed by atoms with Gasteiger partial charge in [0.1, 0.15) is 12.9 Å². The summed E-state index contributed by atoms with van der Waals surface area (Å²) in [4.78, 5) is 8.22. The molecule has 0 radical (unpaired) electrons. The van der Waals surface area contributed by atoms with E-state index in [0.717, 1.165) is 12.8 Å². The first-order valence-corrected chi connectivity index (χ1v) is 7.59. The fourth-order valence-corrected chi connectivity index (χ4v) is 1.95. The van der Waals surface area contributed by atoms with Crippen LogP contribution in [0.4, 0.5) is 5.82 Å². The summed E-state index contributed by atoms with van der Waals surface area (Å²) in [6.45, 7) is 7.24. The van der Waals surface area contributed by atoms with Gasteiger partial charge in [-0.05, 0) is 26.7 Å². The minimum atomic E-state index is 0.154. The zero-order valence-electron chi connectivity index (χ0n) is 13.2. The van der Waals surface area contributed by atoms with Crippen molar-refractivity contribution in [2.45, 2.75) is 52.2 Å². The molecule has 6 nitrogen and oxygen atoms in total. The number of aromatic nitrogens is 2. The monoisotopic (exact) mass is 297 g/mol. The maximum Gasteiger partial charge on any atom is 0.179 e. The summed E-state index contributed by atoms with van der Waals surface area (Å²) in [5.74, 6) is 1.28. The molecule has 0 saturated heterocycles. The predicted molar refractivity (Wildman–Crippen MR) is 82.6 cm³/mol. The Balaban J connectivity index is 2.56. The summed E-state index contributed by atoms with van der Waals surface area (Å²) < 4.78 is 11.1. The highest BCUT2D eigenvalue weighted by Crippen LogP contribution is 2.22. The lowest BCUT2D eigenvalue weighted by Gasteiger charge is -2.19. The van der Waals surface area contributed by atoms with Crippen molar-refractivity contribution in [3.63, 3.8) is 0 Å². The SMILES string of the molecule is CCCC(CCO)Nc1ncncc1OCCOC(C)C. The molecule has 0 aliphatic carbocycles. The molecule has 21 heavy (non-hydrogen) atoms. The van der Waals surface area contributed by atoms with Crippen LogP contribution in [0.3, 0.4) is 0 Å². The number of rotatable bonds is 11. The molecule has 1 aromatic heterocycles. The number of ether oxygens (including phenoxy) is 2. The fourth-order valence-electron chi connectivity index (χ4n) is 1.95. The lowest BCUT2D eigenvalue weighted by Crippen LogP contribution is -2.22. The van der Waals surface area contributed by atoms with Crippen molar-refractivity contribution in [3.05, 3.63) is 12.5 Å². The molecule has 0 saturated carbocycles. The van der Waals surface area contributed by atoms with E-state index >= 15 is 0 Å². The molecule has 120 valence electrons. The molecule has 0 fully saturated rings. The van der Waals surface area contributed by atoms with Gasteiger partial charge in [0.2, 0.25) is 0 Å². The van der Waals surface area contributed by atoms with E-state index in [0.29, 0.717) is 31.2 Å². The van der Waals surface area contributed by atoms with Crippen LogP contribution < -0.4 is 10.1 Å². The molecule has 0 bridgehead atoms. The number of nitrogens with zero attached hydrogens (tertiary/aromatic N) is 2. The number of anilines is 1. The van der Waals surface area contributed by atoms with Gasteiger partial charge in [-0.15, -0.1) is 0 Å². The fraction of sp³-hybridized carbons (Fsp3) is 0.733. The average molecular weight is 297 g/mol. The molecule has 0 aliphatic heterocycles. The molecule has 0 spiro atoms. The van der Waals surface area contributed by atoms with E-state index in [1.165, 1.54) is 6.33 Å². The van der Waals surface area contributed by atoms with Crippen molar-refractivity contribution >= 4 is 5.82 Å². The Hall–Kier alpha value is -1.40. The first-order chi connectivity index (χ1) is 10.2. The average Bonchev–Trinajstić information content (AvgIpc) is 2.45. The van der Waals surface area contributed by atoms with Gasteiger partial charge < -0.3 is 19.9 Å². The van der Waals surface area contributed by atoms with Gasteiger partial charge in [0.25, 0.3) is 0 Å². The number of nitrogens with one attached hydrogen (secondary N) is 1. The summed E-state index contributed by atoms with van der Waals surface area (Å²) in [5.41, 5.74) is 0. The summed E-state index contributed by atoms with van der Waals surface area (Å²) in [6, 6.07) is 0.184. The molecular formula is C15H27N3O3. The summed E-state index contributed by atoms with van der Waals surface area (Å²) in [5, 5.41) is 12.4. The van der Waals surface area contributed by atoms with Crippen LogP contribution >= 0.6 is 0 Å². The van der Waals surface area contributed by atoms with Crippen LogP contribution in [0, 0.1) is 0 Å². The third-order valence-electron chi connectivity index (χ3n) is 2.93. The van der Waals surface area contributed by atoms with Crippen molar-refractivity contribution < 1.29 is 14.6 Å². The molecule has 6 heteroatoms. The zero-order valence-corrected chi connectivity index (χ0v) is 13.2. The molecule has 0 aromatic carbocycles. The molecule has 1 heterocycles. The van der Waals surface area contributed by atoms with E-state index in [9.17, 15) is 0 Å². The smallest absolute Gasteiger partial charge is 0.179 e. The highest BCUT2D eigenvalue weighted by Gasteiger charge is 2.12. The minimum Gasteiger partial charge on any atom is -0.486 e. The second-order valence-corrected chi connectivity index (χ2v) is 5.15. The van der Waals surface area contributed by atoms with Gasteiger partial charge in [0.05, 0.1) is 18.9 Å². The van der Waals surface area contributed by atoms with Gasteiger partial charge >= 0.3 is 0 Å². The number of aliphatic hydroxyl groups excluding tert-OH is 1. The zero-order chi connectivity index (χ0) is 15.5. The number of hydrogen-bond acceptors (Lipinski definition) is 6. The van der Waals surface area contributed by atoms with Crippen LogP contribution in [0.1, 0.15) is 40.0 Å². The second kappa shape index (κ2) is 10.3. The van der Waals surface area contributed by atoms with Gasteiger partial charge in [-0.25, -0.2) is 9.97 Å². The second-order valence-electron chi connectivity index (χ2n) is 5.15. The van der Waals surface area contributed by atoms with Crippen molar-refractivity contribution in [2.75, 3.05) is 25.1 Å². The van der Waals surface area contributed by atoms with Gasteiger partial charge in [-0.2, -0.15) is 0 Å². The molecule has 1 atom stereocenters. The lowest BCUT2D eigenvalue weighted by atomic mass is 10.1. The Labute approximate surface area is 126 Å². The van der Waals surface area contributed by atoms with Crippen LogP contribution in [0.2, 0.25) is 0 Å². The standard InChI is InChI=1S/C15H27N3O3/c1-4-5-13(6-7-19)18-15-14(10-16-11-17-15)21-9-8-20-12(2)3/h10-13,19H,4-9H2,1-3H3,(H,16,17,18). The normalized spacial score (nSPS) is 12.4. The minimum absolute atomic E-state index is 0.154. The molecular weight excluding hydrogens is 270 g/mol. The predicted octanol–water partition coefficient (Wildman–Crippen LogP) is 2.24. The molecule has 1 rings (SSSR count). The van der Waals surface area contributed by atoms with Gasteiger partial charge in [0.15, 0.2) is 11.6 Å². The van der Waals surface area contributed by atoms with E-state index in [1.54, 1.807) is 6.20 Å². The van der Waals surface area contributed by atoms with E-state index in [1.807, 2.05) is 13.8 Å². The number of hydrogen-bond donors (Lipinski definition) is 2. The Morgan fingerprint density at radius 3 is 2.76 bits per heavy atom. The Kier molecular flexibility index (Phi) is 8.69. The Bertz CT molecular complexity index is 382. The van der Waals surface area contributed by atoms with Crippen molar-refractivity contribution in [1.82, 2.24) is 9.97 Å². The molecule has 2 N–H and O–H groups in total. The highest BCUT2D eigenvalue weighted by atomic mass is 16.5. The molecule has 1 unspecified atom stereocenters. The van der Waals surface area contributed by atoms with E-state index in [4.69, 9.17) is 14.6 Å². The number of aliphatic hydroxyl groups is 1. The molecule has 1 aromatic rings. The van der Waals surface area contributed by atoms with Crippen molar-refractivity contribution in [3.8, 4) is 5.75 Å². The summed E-state index contributed by atoms with van der Waals surface area (Å²) in [7, 11) is 0. The van der Waals surface area contributed by atoms with Gasteiger partial charge in [-0.3, -0.25) is 0 Å². The Morgan fingerprint density at radius 1 is 1.29 bits per heavy atom. The quantitative estimate of drug-likeness (QED) is 0.610. The first-order valence-electron chi connectivity index (χ1n) is 7.59. The van der Waals surface area contributed by atoms with Crippen LogP contribution in [0.15, 0.2) is 12.5 Å². The first kappa shape index (κ1) is 17.7. The largest absolute Gasteiger partial charge is 0.486 e. The van der Waals surface area contributed by atoms with Crippen LogP contribution in [0.5, 0.6) is 5.75 Å². The molecule has 0 aliphatic rings. The topological polar surface area (TPSA) is 76.5 Å². The van der Waals surface area contributed by atoms with Gasteiger partial charge in [-0.1, -0.05) is 13.3 Å². The maximum atomic E-state index is 9.12. The van der Waals surface area contributed by atoms with E-state index < -0.39 is 0 Å². The highest BCUT2D eigenvalue weighted by molar-refractivity contribution is 5.48. The lowest BCUT2D eigenvalue weighted by molar-refractivity contribution is 0.0552. The van der Waals surface area contributed by atoms with E-state index in [-0.39, 0.29) is 18.8 Å². The third-order valence-corrected chi connectivity index (χ3v) is 2.93.